The fraction of sp³-hybridized carbons (Fsp3) is 0.600. The quantitative estimate of drug-likeness (QED) is 0.812. The largest absolute Gasteiger partial charge is 0.412 e. The predicted molar refractivity (Wildman–Crippen MR) is 89.9 cm³/mol. The van der Waals surface area contributed by atoms with Crippen molar-refractivity contribution in [1.82, 2.24) is 0 Å². The molecule has 2 radical (unpaired) electrons. The van der Waals surface area contributed by atoms with Gasteiger partial charge in [-0.3, -0.25) is 0 Å². The zero-order chi connectivity index (χ0) is 15.6. The monoisotopic (exact) mass is 328 g/mol. The summed E-state index contributed by atoms with van der Waals surface area (Å²) in [5.74, 6) is 0. The second kappa shape index (κ2) is 6.75. The van der Waals surface area contributed by atoms with Gasteiger partial charge in [-0.15, -0.1) is 0 Å². The van der Waals surface area contributed by atoms with Gasteiger partial charge in [0.15, 0.2) is 0 Å². The third kappa shape index (κ3) is 4.43. The van der Waals surface area contributed by atoms with Crippen LogP contribution in [0, 0.1) is 0 Å². The number of hydrogen-bond donors (Lipinski definition) is 1. The Morgan fingerprint density at radius 3 is 2.25 bits per heavy atom. The van der Waals surface area contributed by atoms with Gasteiger partial charge in [-0.1, -0.05) is 63.7 Å². The minimum absolute atomic E-state index is 0.273. The maximum atomic E-state index is 10.0. The lowest BCUT2D eigenvalue weighted by Crippen LogP contribution is -2.46. The summed E-state index contributed by atoms with van der Waals surface area (Å²) in [5, 5.41) is 11.0. The molecule has 0 amide bonds. The van der Waals surface area contributed by atoms with Gasteiger partial charge in [0.25, 0.3) is 0 Å². The lowest BCUT2D eigenvalue weighted by molar-refractivity contribution is 0.0523. The molecule has 0 spiro atoms. The van der Waals surface area contributed by atoms with Crippen LogP contribution in [0.2, 0.25) is 23.2 Å². The van der Waals surface area contributed by atoms with Crippen LogP contribution >= 0.6 is 11.6 Å². The van der Waals surface area contributed by atoms with Crippen LogP contribution in [0.4, 0.5) is 0 Å². The molecule has 0 saturated carbocycles. The highest BCUT2D eigenvalue weighted by atomic mass is 35.5. The lowest BCUT2D eigenvalue weighted by Gasteiger charge is -2.37. The summed E-state index contributed by atoms with van der Waals surface area (Å²) in [4.78, 5) is 0. The van der Waals surface area contributed by atoms with E-state index in [1.807, 2.05) is 24.3 Å². The van der Waals surface area contributed by atoms with Crippen molar-refractivity contribution in [2.75, 3.05) is 0 Å². The fourth-order valence-electron chi connectivity index (χ4n) is 1.49. The molecule has 0 aliphatic heterocycles. The van der Waals surface area contributed by atoms with E-state index >= 15 is 0 Å². The van der Waals surface area contributed by atoms with Gasteiger partial charge in [0.2, 0.25) is 9.28 Å². The number of benzene rings is 1. The van der Waals surface area contributed by atoms with E-state index in [0.717, 1.165) is 5.56 Å². The Bertz CT molecular complexity index is 442. The molecule has 112 valence electrons. The molecule has 0 fully saturated rings. The van der Waals surface area contributed by atoms with Gasteiger partial charge in [0, 0.05) is 10.6 Å². The molecule has 0 bridgehead atoms. The van der Waals surface area contributed by atoms with Crippen molar-refractivity contribution in [3.05, 3.63) is 34.9 Å². The van der Waals surface area contributed by atoms with E-state index in [1.54, 1.807) is 6.92 Å². The summed E-state index contributed by atoms with van der Waals surface area (Å²) in [5.41, 5.74) is 0.871. The van der Waals surface area contributed by atoms with Crippen molar-refractivity contribution in [1.29, 1.82) is 0 Å². The highest BCUT2D eigenvalue weighted by Crippen LogP contribution is 2.36. The molecular formula is C15H25ClO2Si2. The Balaban J connectivity index is 2.88. The van der Waals surface area contributed by atoms with Crippen molar-refractivity contribution in [3.8, 4) is 0 Å². The van der Waals surface area contributed by atoms with E-state index in [2.05, 4.69) is 33.9 Å². The van der Waals surface area contributed by atoms with Crippen molar-refractivity contribution in [2.45, 2.75) is 58.0 Å². The van der Waals surface area contributed by atoms with Gasteiger partial charge in [0.1, 0.15) is 0 Å². The molecule has 1 aromatic rings. The second-order valence-corrected chi connectivity index (χ2v) is 16.7. The zero-order valence-corrected chi connectivity index (χ0v) is 16.0. The molecule has 0 heterocycles. The van der Waals surface area contributed by atoms with Crippen LogP contribution in [0.15, 0.2) is 24.3 Å². The van der Waals surface area contributed by atoms with Crippen molar-refractivity contribution in [3.63, 3.8) is 0 Å². The highest BCUT2D eigenvalue weighted by molar-refractivity contribution is 7.22. The van der Waals surface area contributed by atoms with E-state index in [0.29, 0.717) is 14.3 Å². The fourth-order valence-corrected chi connectivity index (χ4v) is 4.97. The molecule has 1 N–H and O–H groups in total. The molecule has 5 heteroatoms. The first kappa shape index (κ1) is 17.9. The van der Waals surface area contributed by atoms with E-state index in [1.165, 1.54) is 0 Å². The first-order chi connectivity index (χ1) is 9.06. The standard InChI is InChI=1S/C15H25ClO2Si2/c1-11(17)14(12-9-7-8-10-13(12)16)18-19-20(5,6)15(2,3)4/h7-11,14,17H,1-6H3/t11?,14-/m1/s1. The molecular weight excluding hydrogens is 304 g/mol. The summed E-state index contributed by atoms with van der Waals surface area (Å²) < 4.78 is 6.12. The first-order valence-corrected chi connectivity index (χ1v) is 12.2. The summed E-state index contributed by atoms with van der Waals surface area (Å²) >= 11 is 6.23. The summed E-state index contributed by atoms with van der Waals surface area (Å²) in [7, 11) is -1.09. The molecule has 0 saturated heterocycles. The predicted octanol–water partition coefficient (Wildman–Crippen LogP) is 4.40. The van der Waals surface area contributed by atoms with Crippen molar-refractivity contribution >= 4 is 28.5 Å². The Labute approximate surface area is 131 Å². The lowest BCUT2D eigenvalue weighted by atomic mass is 10.1. The average Bonchev–Trinajstić information content (AvgIpc) is 2.29. The van der Waals surface area contributed by atoms with Crippen molar-refractivity contribution < 1.29 is 9.53 Å². The Morgan fingerprint density at radius 1 is 1.25 bits per heavy atom. The van der Waals surface area contributed by atoms with Crippen LogP contribution in [0.5, 0.6) is 0 Å². The SMILES string of the molecule is CC(O)[C@@H](O[Si][Si](C)(C)C(C)(C)C)c1ccccc1Cl. The molecule has 1 rings (SSSR count). The van der Waals surface area contributed by atoms with Gasteiger partial charge in [-0.05, 0) is 18.0 Å². The average molecular weight is 329 g/mol. The van der Waals surface area contributed by atoms with Gasteiger partial charge in [0.05, 0.1) is 19.8 Å². The van der Waals surface area contributed by atoms with Crippen molar-refractivity contribution in [2.24, 2.45) is 0 Å². The molecule has 1 aromatic carbocycles. The molecule has 2 atom stereocenters. The Kier molecular flexibility index (Phi) is 6.05. The molecule has 0 aliphatic rings. The molecule has 2 nitrogen and oxygen atoms in total. The maximum Gasteiger partial charge on any atom is 0.213 e. The Morgan fingerprint density at radius 2 is 1.80 bits per heavy atom. The zero-order valence-electron chi connectivity index (χ0n) is 13.2. The van der Waals surface area contributed by atoms with Gasteiger partial charge in [-0.25, -0.2) is 0 Å². The molecule has 0 aromatic heterocycles. The van der Waals surface area contributed by atoms with Crippen LogP contribution in [-0.2, 0) is 4.43 Å². The van der Waals surface area contributed by atoms with Crippen LogP contribution < -0.4 is 0 Å². The number of hydrogen-bond acceptors (Lipinski definition) is 2. The Hall–Kier alpha value is -0.136. The van der Waals surface area contributed by atoms with Crippen LogP contribution in [0.25, 0.3) is 0 Å². The smallest absolute Gasteiger partial charge is 0.213 e. The number of halogens is 1. The number of rotatable bonds is 5. The van der Waals surface area contributed by atoms with Crippen LogP contribution in [0.3, 0.4) is 0 Å². The molecule has 0 aliphatic carbocycles. The third-order valence-electron chi connectivity index (χ3n) is 3.97. The van der Waals surface area contributed by atoms with E-state index in [4.69, 9.17) is 16.0 Å². The summed E-state index contributed by atoms with van der Waals surface area (Å²) in [6.45, 7) is 13.2. The number of aliphatic hydroxyl groups is 1. The molecule has 20 heavy (non-hydrogen) atoms. The second-order valence-electron chi connectivity index (χ2n) is 6.78. The van der Waals surface area contributed by atoms with Gasteiger partial charge < -0.3 is 9.53 Å². The highest BCUT2D eigenvalue weighted by Gasteiger charge is 2.38. The van der Waals surface area contributed by atoms with E-state index in [-0.39, 0.29) is 11.1 Å². The molecule has 1 unspecified atom stereocenters. The van der Waals surface area contributed by atoms with E-state index < -0.39 is 13.7 Å². The minimum atomic E-state index is -1.51. The maximum absolute atomic E-state index is 10.0. The number of aliphatic hydroxyl groups excluding tert-OH is 1. The third-order valence-corrected chi connectivity index (χ3v) is 13.1. The van der Waals surface area contributed by atoms with Crippen LogP contribution in [-0.4, -0.2) is 28.1 Å². The van der Waals surface area contributed by atoms with Crippen LogP contribution in [0.1, 0.15) is 39.4 Å². The normalized spacial score (nSPS) is 16.0. The van der Waals surface area contributed by atoms with E-state index in [9.17, 15) is 5.11 Å². The van der Waals surface area contributed by atoms with Gasteiger partial charge in [-0.2, -0.15) is 0 Å². The first-order valence-electron chi connectivity index (χ1n) is 6.91. The van der Waals surface area contributed by atoms with Gasteiger partial charge >= 0.3 is 0 Å². The minimum Gasteiger partial charge on any atom is -0.412 e. The topological polar surface area (TPSA) is 29.5 Å². The summed E-state index contributed by atoms with van der Waals surface area (Å²) in [6.07, 6.45) is -0.927. The summed E-state index contributed by atoms with van der Waals surface area (Å²) in [6, 6.07) is 7.58.